The Bertz CT molecular complexity index is 455. The minimum Gasteiger partial charge on any atom is -0.396 e. The molecule has 3 nitrogen and oxygen atoms in total. The monoisotopic (exact) mass is 250 g/mol. The third-order valence-corrected chi connectivity index (χ3v) is 6.37. The van der Waals surface area contributed by atoms with Gasteiger partial charge in [-0.2, -0.15) is 0 Å². The van der Waals surface area contributed by atoms with E-state index in [2.05, 4.69) is 19.9 Å². The molecule has 0 amide bonds. The SMILES string of the molecule is CC1CC=C2C1CC1(O)C(=O)CC2(C)C1(C)CO. The van der Waals surface area contributed by atoms with Gasteiger partial charge in [-0.1, -0.05) is 32.4 Å². The maximum atomic E-state index is 12.3. The highest BCUT2D eigenvalue weighted by molar-refractivity contribution is 5.93. The number of rotatable bonds is 1. The number of hydrogen-bond donors (Lipinski definition) is 2. The molecule has 2 saturated carbocycles. The van der Waals surface area contributed by atoms with Gasteiger partial charge < -0.3 is 10.2 Å². The zero-order valence-corrected chi connectivity index (χ0v) is 11.4. The fourth-order valence-corrected chi connectivity index (χ4v) is 4.69. The third-order valence-electron chi connectivity index (χ3n) is 6.37. The molecule has 0 radical (unpaired) electrons. The van der Waals surface area contributed by atoms with E-state index in [4.69, 9.17) is 0 Å². The molecule has 3 aliphatic rings. The number of hydrogen-bond acceptors (Lipinski definition) is 3. The van der Waals surface area contributed by atoms with Crippen molar-refractivity contribution in [3.8, 4) is 0 Å². The lowest BCUT2D eigenvalue weighted by Gasteiger charge is -2.54. The number of aliphatic hydroxyl groups is 2. The molecule has 0 aromatic carbocycles. The molecule has 0 spiro atoms. The van der Waals surface area contributed by atoms with Crippen LogP contribution in [0.5, 0.6) is 0 Å². The molecule has 2 bridgehead atoms. The van der Waals surface area contributed by atoms with Crippen molar-refractivity contribution in [3.05, 3.63) is 11.6 Å². The molecular formula is C15H22O3. The minimum atomic E-state index is -1.34. The van der Waals surface area contributed by atoms with Gasteiger partial charge >= 0.3 is 0 Å². The molecule has 3 rings (SSSR count). The van der Waals surface area contributed by atoms with Crippen molar-refractivity contribution in [2.24, 2.45) is 22.7 Å². The predicted octanol–water partition coefficient (Wildman–Crippen LogP) is 1.68. The lowest BCUT2D eigenvalue weighted by atomic mass is 9.51. The molecule has 0 aromatic rings. The summed E-state index contributed by atoms with van der Waals surface area (Å²) in [6.45, 7) is 5.98. The summed E-state index contributed by atoms with van der Waals surface area (Å²) < 4.78 is 0. The Morgan fingerprint density at radius 2 is 2.11 bits per heavy atom. The van der Waals surface area contributed by atoms with E-state index in [1.165, 1.54) is 5.57 Å². The summed E-state index contributed by atoms with van der Waals surface area (Å²) in [6, 6.07) is 0. The first kappa shape index (κ1) is 12.4. The van der Waals surface area contributed by atoms with Crippen LogP contribution in [0.3, 0.4) is 0 Å². The van der Waals surface area contributed by atoms with E-state index in [-0.39, 0.29) is 17.8 Å². The Labute approximate surface area is 108 Å². The van der Waals surface area contributed by atoms with Gasteiger partial charge in [-0.05, 0) is 24.7 Å². The first-order valence-electron chi connectivity index (χ1n) is 6.87. The van der Waals surface area contributed by atoms with Gasteiger partial charge in [-0.15, -0.1) is 0 Å². The summed E-state index contributed by atoms with van der Waals surface area (Å²) in [5.41, 5.74) is -1.14. The van der Waals surface area contributed by atoms with Crippen molar-refractivity contribution in [2.45, 2.75) is 45.6 Å². The van der Waals surface area contributed by atoms with Crippen LogP contribution in [0.15, 0.2) is 11.6 Å². The molecule has 5 unspecified atom stereocenters. The molecule has 3 aliphatic carbocycles. The van der Waals surface area contributed by atoms with Gasteiger partial charge in [0.1, 0.15) is 5.60 Å². The highest BCUT2D eigenvalue weighted by atomic mass is 16.3. The second-order valence-corrected chi connectivity index (χ2v) is 6.97. The lowest BCUT2D eigenvalue weighted by Crippen LogP contribution is -2.59. The quantitative estimate of drug-likeness (QED) is 0.696. The summed E-state index contributed by atoms with van der Waals surface area (Å²) in [5, 5.41) is 20.7. The summed E-state index contributed by atoms with van der Waals surface area (Å²) >= 11 is 0. The average molecular weight is 250 g/mol. The third kappa shape index (κ3) is 1.03. The number of Topliss-reactive ketones (excluding diaryl/α,β-unsaturated/α-hetero) is 1. The standard InChI is InChI=1S/C15H22O3/c1-9-4-5-11-10(9)6-15(18)12(17)7-13(11,2)14(15,3)8-16/h5,9-10,16,18H,4,6-8H2,1-3H3. The van der Waals surface area contributed by atoms with Gasteiger partial charge in [-0.3, -0.25) is 4.79 Å². The van der Waals surface area contributed by atoms with Crippen LogP contribution >= 0.6 is 0 Å². The molecule has 3 heteroatoms. The number of allylic oxidation sites excluding steroid dienone is 2. The molecular weight excluding hydrogens is 228 g/mol. The molecule has 18 heavy (non-hydrogen) atoms. The van der Waals surface area contributed by atoms with Crippen molar-refractivity contribution in [1.29, 1.82) is 0 Å². The molecule has 2 N–H and O–H groups in total. The summed E-state index contributed by atoms with van der Waals surface area (Å²) in [7, 11) is 0. The van der Waals surface area contributed by atoms with Gasteiger partial charge in [0.15, 0.2) is 5.78 Å². The maximum absolute atomic E-state index is 12.3. The van der Waals surface area contributed by atoms with Crippen LogP contribution in [-0.2, 0) is 4.79 Å². The van der Waals surface area contributed by atoms with E-state index in [9.17, 15) is 15.0 Å². The largest absolute Gasteiger partial charge is 0.396 e. The van der Waals surface area contributed by atoms with Crippen molar-refractivity contribution in [3.63, 3.8) is 0 Å². The van der Waals surface area contributed by atoms with Gasteiger partial charge in [0.2, 0.25) is 0 Å². The van der Waals surface area contributed by atoms with Crippen LogP contribution in [-0.4, -0.2) is 28.2 Å². The van der Waals surface area contributed by atoms with Crippen molar-refractivity contribution in [1.82, 2.24) is 0 Å². The molecule has 0 aliphatic heterocycles. The van der Waals surface area contributed by atoms with Gasteiger partial charge in [-0.25, -0.2) is 0 Å². The molecule has 2 fully saturated rings. The molecule has 0 saturated heterocycles. The van der Waals surface area contributed by atoms with Gasteiger partial charge in [0.25, 0.3) is 0 Å². The molecule has 0 heterocycles. The van der Waals surface area contributed by atoms with Gasteiger partial charge in [0, 0.05) is 17.3 Å². The minimum absolute atomic E-state index is 0.0796. The van der Waals surface area contributed by atoms with Crippen molar-refractivity contribution >= 4 is 5.78 Å². The molecule has 5 atom stereocenters. The first-order chi connectivity index (χ1) is 8.30. The van der Waals surface area contributed by atoms with E-state index in [1.54, 1.807) is 0 Å². The van der Waals surface area contributed by atoms with Crippen LogP contribution < -0.4 is 0 Å². The van der Waals surface area contributed by atoms with Crippen LogP contribution in [0.1, 0.15) is 40.0 Å². The zero-order valence-electron chi connectivity index (χ0n) is 11.4. The Morgan fingerprint density at radius 1 is 1.44 bits per heavy atom. The highest BCUT2D eigenvalue weighted by Gasteiger charge is 2.72. The van der Waals surface area contributed by atoms with Crippen molar-refractivity contribution < 1.29 is 15.0 Å². The second-order valence-electron chi connectivity index (χ2n) is 6.97. The average Bonchev–Trinajstić information content (AvgIpc) is 2.71. The Hall–Kier alpha value is -0.670. The topological polar surface area (TPSA) is 57.5 Å². The van der Waals surface area contributed by atoms with E-state index < -0.39 is 11.0 Å². The Balaban J connectivity index is 2.20. The van der Waals surface area contributed by atoms with Crippen LogP contribution in [0.4, 0.5) is 0 Å². The van der Waals surface area contributed by atoms with Crippen LogP contribution in [0.25, 0.3) is 0 Å². The Kier molecular flexibility index (Phi) is 2.24. The second kappa shape index (κ2) is 3.26. The smallest absolute Gasteiger partial charge is 0.165 e. The van der Waals surface area contributed by atoms with Crippen LogP contribution in [0, 0.1) is 22.7 Å². The fraction of sp³-hybridized carbons (Fsp3) is 0.800. The fourth-order valence-electron chi connectivity index (χ4n) is 4.69. The molecule has 0 aromatic heterocycles. The van der Waals surface area contributed by atoms with E-state index in [0.29, 0.717) is 24.7 Å². The van der Waals surface area contributed by atoms with E-state index in [0.717, 1.165) is 6.42 Å². The van der Waals surface area contributed by atoms with Crippen molar-refractivity contribution in [2.75, 3.05) is 6.61 Å². The first-order valence-corrected chi connectivity index (χ1v) is 6.87. The summed E-state index contributed by atoms with van der Waals surface area (Å²) in [5.74, 6) is 0.732. The number of aliphatic hydroxyl groups excluding tert-OH is 1. The van der Waals surface area contributed by atoms with Crippen LogP contribution in [0.2, 0.25) is 0 Å². The number of ketones is 1. The highest BCUT2D eigenvalue weighted by Crippen LogP contribution is 2.69. The lowest BCUT2D eigenvalue weighted by molar-refractivity contribution is -0.162. The van der Waals surface area contributed by atoms with E-state index >= 15 is 0 Å². The molecule has 100 valence electrons. The van der Waals surface area contributed by atoms with E-state index in [1.807, 2.05) is 6.92 Å². The predicted molar refractivity (Wildman–Crippen MR) is 67.8 cm³/mol. The number of carbonyl (C=O) groups is 1. The summed E-state index contributed by atoms with van der Waals surface area (Å²) in [6.07, 6.45) is 4.14. The maximum Gasteiger partial charge on any atom is 0.165 e. The Morgan fingerprint density at radius 3 is 2.72 bits per heavy atom. The summed E-state index contributed by atoms with van der Waals surface area (Å²) in [4.78, 5) is 12.3. The zero-order chi connectivity index (χ0) is 13.3. The van der Waals surface area contributed by atoms with Gasteiger partial charge in [0.05, 0.1) is 6.61 Å². The number of carbonyl (C=O) groups excluding carboxylic acids is 1. The normalized spacial score (nSPS) is 54.5. The number of fused-ring (bicyclic) bond motifs is 4.